The van der Waals surface area contributed by atoms with Crippen LogP contribution in [0, 0.1) is 6.92 Å². The third-order valence-electron chi connectivity index (χ3n) is 5.47. The number of rotatable bonds is 4. The van der Waals surface area contributed by atoms with Gasteiger partial charge < -0.3 is 15.1 Å². The molecule has 0 radical (unpaired) electrons. The Kier molecular flexibility index (Phi) is 6.87. The van der Waals surface area contributed by atoms with Gasteiger partial charge in [0.15, 0.2) is 0 Å². The highest BCUT2D eigenvalue weighted by Crippen LogP contribution is 2.34. The number of nitrogens with one attached hydrogen (secondary N) is 1. The summed E-state index contributed by atoms with van der Waals surface area (Å²) >= 11 is 0. The van der Waals surface area contributed by atoms with E-state index in [0.29, 0.717) is 32.6 Å². The number of halogens is 3. The van der Waals surface area contributed by atoms with Crippen LogP contribution >= 0.6 is 0 Å². The maximum Gasteiger partial charge on any atom is 0.416 e. The van der Waals surface area contributed by atoms with E-state index in [9.17, 15) is 22.8 Å². The van der Waals surface area contributed by atoms with Crippen LogP contribution < -0.4 is 5.32 Å². The number of amides is 3. The topological polar surface area (TPSA) is 52.7 Å². The van der Waals surface area contributed by atoms with Crippen LogP contribution in [0.25, 0.3) is 0 Å². The van der Waals surface area contributed by atoms with Crippen molar-refractivity contribution in [2.75, 3.05) is 26.2 Å². The van der Waals surface area contributed by atoms with Crippen LogP contribution in [0.3, 0.4) is 0 Å². The van der Waals surface area contributed by atoms with Crippen molar-refractivity contribution in [3.05, 3.63) is 70.8 Å². The molecule has 0 spiro atoms. The predicted molar refractivity (Wildman–Crippen MR) is 111 cm³/mol. The van der Waals surface area contributed by atoms with Gasteiger partial charge in [0.25, 0.3) is 0 Å². The van der Waals surface area contributed by atoms with Crippen molar-refractivity contribution >= 4 is 11.9 Å². The molecular formula is C23H26F3N3O2. The fourth-order valence-electron chi connectivity index (χ4n) is 3.64. The van der Waals surface area contributed by atoms with E-state index >= 15 is 0 Å². The summed E-state index contributed by atoms with van der Waals surface area (Å²) in [5.41, 5.74) is 1.33. The second kappa shape index (κ2) is 9.41. The summed E-state index contributed by atoms with van der Waals surface area (Å²) < 4.78 is 39.7. The van der Waals surface area contributed by atoms with E-state index in [1.54, 1.807) is 4.90 Å². The van der Waals surface area contributed by atoms with E-state index in [0.717, 1.165) is 17.2 Å². The maximum atomic E-state index is 13.2. The summed E-state index contributed by atoms with van der Waals surface area (Å²) in [7, 11) is 0. The molecule has 1 heterocycles. The molecule has 31 heavy (non-hydrogen) atoms. The normalized spacial score (nSPS) is 15.5. The molecule has 1 N–H and O–H groups in total. The Morgan fingerprint density at radius 3 is 2.16 bits per heavy atom. The first kappa shape index (κ1) is 22.7. The zero-order chi connectivity index (χ0) is 22.6. The number of benzene rings is 2. The van der Waals surface area contributed by atoms with E-state index in [4.69, 9.17) is 0 Å². The van der Waals surface area contributed by atoms with Gasteiger partial charge in [0.2, 0.25) is 5.91 Å². The molecule has 1 fully saturated rings. The number of hydrogen-bond donors (Lipinski definition) is 1. The Balaban J connectivity index is 1.53. The van der Waals surface area contributed by atoms with Crippen LogP contribution in [0.5, 0.6) is 0 Å². The minimum Gasteiger partial charge on any atom is -0.339 e. The van der Waals surface area contributed by atoms with Crippen LogP contribution in [0.15, 0.2) is 48.5 Å². The van der Waals surface area contributed by atoms with Crippen molar-refractivity contribution < 1.29 is 22.8 Å². The van der Waals surface area contributed by atoms with Crippen molar-refractivity contribution in [3.8, 4) is 0 Å². The maximum absolute atomic E-state index is 13.2. The number of aryl methyl sites for hydroxylation is 1. The molecule has 1 saturated heterocycles. The van der Waals surface area contributed by atoms with Crippen molar-refractivity contribution in [1.82, 2.24) is 15.1 Å². The van der Waals surface area contributed by atoms with E-state index < -0.39 is 23.8 Å². The summed E-state index contributed by atoms with van der Waals surface area (Å²) in [5.74, 6) is -0.00335. The van der Waals surface area contributed by atoms with E-state index in [1.807, 2.05) is 31.2 Å². The number of urea groups is 1. The van der Waals surface area contributed by atoms with Crippen molar-refractivity contribution in [3.63, 3.8) is 0 Å². The molecule has 1 aliphatic rings. The SMILES string of the molecule is Cc1ccc(CC(=O)N2CCN(C(=O)NC(C)c3ccccc3C(F)(F)F)CC2)cc1. The standard InChI is InChI=1S/C23H26F3N3O2/c1-16-7-9-18(10-8-16)15-21(30)28-11-13-29(14-12-28)22(31)27-17(2)19-5-3-4-6-20(19)23(24,25)26/h3-10,17H,11-15H2,1-2H3,(H,27,31). The first-order chi connectivity index (χ1) is 14.6. The van der Waals surface area contributed by atoms with Gasteiger partial charge in [0.1, 0.15) is 0 Å². The number of hydrogen-bond acceptors (Lipinski definition) is 2. The number of carbonyl (C=O) groups is 2. The molecule has 1 aliphatic heterocycles. The number of alkyl halides is 3. The second-order valence-corrected chi connectivity index (χ2v) is 7.79. The number of piperazine rings is 1. The van der Waals surface area contributed by atoms with Crippen molar-refractivity contribution in [2.24, 2.45) is 0 Å². The van der Waals surface area contributed by atoms with Gasteiger partial charge in [0.05, 0.1) is 18.0 Å². The summed E-state index contributed by atoms with van der Waals surface area (Å²) in [5, 5.41) is 2.65. The summed E-state index contributed by atoms with van der Waals surface area (Å²) in [6, 6.07) is 11.8. The minimum absolute atomic E-state index is 0.00335. The molecule has 166 valence electrons. The summed E-state index contributed by atoms with van der Waals surface area (Å²) in [6.07, 6.45) is -4.18. The summed E-state index contributed by atoms with van der Waals surface area (Å²) in [4.78, 5) is 28.3. The monoisotopic (exact) mass is 433 g/mol. The highest BCUT2D eigenvalue weighted by molar-refractivity contribution is 5.79. The zero-order valence-electron chi connectivity index (χ0n) is 17.6. The molecule has 0 saturated carbocycles. The van der Waals surface area contributed by atoms with Gasteiger partial charge in [-0.05, 0) is 31.0 Å². The Labute approximate surface area is 179 Å². The molecule has 5 nitrogen and oxygen atoms in total. The lowest BCUT2D eigenvalue weighted by Crippen LogP contribution is -2.53. The van der Waals surface area contributed by atoms with Crippen LogP contribution in [-0.2, 0) is 17.4 Å². The van der Waals surface area contributed by atoms with Gasteiger partial charge in [-0.3, -0.25) is 4.79 Å². The lowest BCUT2D eigenvalue weighted by atomic mass is 10.0. The van der Waals surface area contributed by atoms with Gasteiger partial charge in [-0.25, -0.2) is 4.79 Å². The smallest absolute Gasteiger partial charge is 0.339 e. The first-order valence-electron chi connectivity index (χ1n) is 10.2. The second-order valence-electron chi connectivity index (χ2n) is 7.79. The lowest BCUT2D eigenvalue weighted by molar-refractivity contribution is -0.138. The summed E-state index contributed by atoms with van der Waals surface area (Å²) in [6.45, 7) is 4.97. The molecule has 2 aromatic carbocycles. The molecule has 3 amide bonds. The molecule has 1 unspecified atom stereocenters. The van der Waals surface area contributed by atoms with Gasteiger partial charge in [0, 0.05) is 26.2 Å². The van der Waals surface area contributed by atoms with Crippen LogP contribution in [-0.4, -0.2) is 47.9 Å². The molecular weight excluding hydrogens is 407 g/mol. The van der Waals surface area contributed by atoms with Crippen LogP contribution in [0.4, 0.5) is 18.0 Å². The molecule has 2 aromatic rings. The van der Waals surface area contributed by atoms with E-state index in [1.165, 1.54) is 30.0 Å². The van der Waals surface area contributed by atoms with Gasteiger partial charge in [-0.2, -0.15) is 13.2 Å². The Bertz CT molecular complexity index is 920. The van der Waals surface area contributed by atoms with Crippen molar-refractivity contribution in [2.45, 2.75) is 32.5 Å². The Hall–Kier alpha value is -3.03. The van der Waals surface area contributed by atoms with E-state index in [-0.39, 0.29) is 11.5 Å². The Morgan fingerprint density at radius 1 is 0.968 bits per heavy atom. The largest absolute Gasteiger partial charge is 0.416 e. The van der Waals surface area contributed by atoms with Gasteiger partial charge in [-0.15, -0.1) is 0 Å². The average molecular weight is 433 g/mol. The fourth-order valence-corrected chi connectivity index (χ4v) is 3.64. The molecule has 0 aliphatic carbocycles. The molecule has 0 bridgehead atoms. The minimum atomic E-state index is -4.49. The highest BCUT2D eigenvalue weighted by Gasteiger charge is 2.35. The quantitative estimate of drug-likeness (QED) is 0.787. The molecule has 8 heteroatoms. The Morgan fingerprint density at radius 2 is 1.55 bits per heavy atom. The third-order valence-corrected chi connectivity index (χ3v) is 5.47. The number of nitrogens with zero attached hydrogens (tertiary/aromatic N) is 2. The first-order valence-corrected chi connectivity index (χ1v) is 10.2. The molecule has 1 atom stereocenters. The van der Waals surface area contributed by atoms with Crippen LogP contribution in [0.2, 0.25) is 0 Å². The number of carbonyl (C=O) groups excluding carboxylic acids is 2. The highest BCUT2D eigenvalue weighted by atomic mass is 19.4. The lowest BCUT2D eigenvalue weighted by Gasteiger charge is -2.35. The molecule has 3 rings (SSSR count). The van der Waals surface area contributed by atoms with Gasteiger partial charge in [-0.1, -0.05) is 48.0 Å². The third kappa shape index (κ3) is 5.77. The average Bonchev–Trinajstić information content (AvgIpc) is 2.74. The van der Waals surface area contributed by atoms with Gasteiger partial charge >= 0.3 is 12.2 Å². The van der Waals surface area contributed by atoms with Crippen LogP contribution in [0.1, 0.15) is 35.2 Å². The predicted octanol–water partition coefficient (Wildman–Crippen LogP) is 4.17. The van der Waals surface area contributed by atoms with Crippen molar-refractivity contribution in [1.29, 1.82) is 0 Å². The zero-order valence-corrected chi connectivity index (χ0v) is 17.6. The van der Waals surface area contributed by atoms with E-state index in [2.05, 4.69) is 5.32 Å². The molecule has 0 aromatic heterocycles. The fraction of sp³-hybridized carbons (Fsp3) is 0.391.